The zero-order chi connectivity index (χ0) is 26.6. The molecule has 1 aliphatic rings. The molecule has 2 aromatic carbocycles. The summed E-state index contributed by atoms with van der Waals surface area (Å²) in [4.78, 5) is 32.3. The summed E-state index contributed by atoms with van der Waals surface area (Å²) in [5.74, 6) is 2.36. The molecular weight excluding hydrogens is 494 g/mol. The monoisotopic (exact) mass is 518 g/mol. The minimum Gasteiger partial charge on any atom is -0.457 e. The van der Waals surface area contributed by atoms with E-state index in [4.69, 9.17) is 9.72 Å². The molecule has 6 rings (SSSR count). The van der Waals surface area contributed by atoms with Crippen molar-refractivity contribution in [3.8, 4) is 11.5 Å². The lowest BCUT2D eigenvalue weighted by atomic mass is 10.1. The maximum atomic E-state index is 12.8. The molecule has 3 aromatic heterocycles. The number of fused-ring (bicyclic) bond motifs is 2. The highest BCUT2D eigenvalue weighted by Gasteiger charge is 2.41. The first kappa shape index (κ1) is 23.8. The molecule has 0 aliphatic carbocycles. The normalized spacial score (nSPS) is 17.5. The number of hydrogen-bond donors (Lipinski definition) is 1. The van der Waals surface area contributed by atoms with Gasteiger partial charge in [-0.3, -0.25) is 9.69 Å². The Morgan fingerprint density at radius 3 is 2.68 bits per heavy atom. The van der Waals surface area contributed by atoms with E-state index in [1.54, 1.807) is 17.3 Å². The van der Waals surface area contributed by atoms with E-state index in [2.05, 4.69) is 37.1 Å². The van der Waals surface area contributed by atoms with Crippen molar-refractivity contribution in [3.63, 3.8) is 0 Å². The Bertz CT molecular complexity index is 1760. The fourth-order valence-corrected chi connectivity index (χ4v) is 4.79. The van der Waals surface area contributed by atoms with Crippen molar-refractivity contribution in [2.45, 2.75) is 18.9 Å². The van der Waals surface area contributed by atoms with Crippen LogP contribution in [0, 0.1) is 6.92 Å². The first-order valence-electron chi connectivity index (χ1n) is 12.0. The van der Waals surface area contributed by atoms with Gasteiger partial charge in [-0.2, -0.15) is 0 Å². The summed E-state index contributed by atoms with van der Waals surface area (Å²) in [7, 11) is 5.62. The number of rotatable bonds is 5. The number of amides is 1. The van der Waals surface area contributed by atoms with E-state index in [1.165, 1.54) is 6.33 Å². The van der Waals surface area contributed by atoms with Crippen LogP contribution in [0.15, 0.2) is 73.3 Å². The highest BCUT2D eigenvalue weighted by Crippen LogP contribution is 2.40. The Hall–Kier alpha value is -4.57. The molecule has 1 fully saturated rings. The average molecular weight is 519 g/mol. The maximum Gasteiger partial charge on any atom is 0.255 e. The molecular formula is C28H24N7O2Si. The Balaban J connectivity index is 1.27. The van der Waals surface area contributed by atoms with Gasteiger partial charge in [0.25, 0.3) is 5.91 Å². The number of benzene rings is 2. The Kier molecular flexibility index (Phi) is 5.49. The largest absolute Gasteiger partial charge is 0.457 e. The summed E-state index contributed by atoms with van der Waals surface area (Å²) in [5, 5.41) is 2.84. The summed E-state index contributed by atoms with van der Waals surface area (Å²) in [6.07, 6.45) is 3.27. The zero-order valence-corrected chi connectivity index (χ0v) is 22.2. The molecule has 1 saturated heterocycles. The molecule has 1 N–H and O–H groups in total. The number of aromatic nitrogens is 5. The molecule has 1 aliphatic heterocycles. The van der Waals surface area contributed by atoms with Gasteiger partial charge in [-0.25, -0.2) is 19.9 Å². The van der Waals surface area contributed by atoms with Crippen molar-refractivity contribution in [2.75, 3.05) is 16.8 Å². The first-order chi connectivity index (χ1) is 18.2. The van der Waals surface area contributed by atoms with Gasteiger partial charge < -0.3 is 14.6 Å². The van der Waals surface area contributed by atoms with Crippen LogP contribution in [0.4, 0.5) is 17.3 Å². The number of carbonyl (C=O) groups excluding carboxylic acids is 1. The number of nitrogens with one attached hydrogen (secondary N) is 1. The molecule has 4 heterocycles. The lowest BCUT2D eigenvalue weighted by molar-refractivity contribution is -0.114. The van der Waals surface area contributed by atoms with Gasteiger partial charge in [0.1, 0.15) is 29.2 Å². The molecule has 38 heavy (non-hydrogen) atoms. The van der Waals surface area contributed by atoms with Crippen LogP contribution >= 0.6 is 0 Å². The fourth-order valence-electron chi connectivity index (χ4n) is 4.52. The molecule has 0 bridgehead atoms. The average Bonchev–Trinajstić information content (AvgIpc) is 3.37. The maximum absolute atomic E-state index is 12.8. The van der Waals surface area contributed by atoms with Crippen LogP contribution in [0.3, 0.4) is 0 Å². The lowest BCUT2D eigenvalue weighted by Crippen LogP contribution is -2.26. The van der Waals surface area contributed by atoms with Crippen LogP contribution in [0.5, 0.6) is 11.5 Å². The Morgan fingerprint density at radius 2 is 1.92 bits per heavy atom. The quantitative estimate of drug-likeness (QED) is 0.258. The molecule has 1 atom stereocenters. The third-order valence-electron chi connectivity index (χ3n) is 6.75. The third kappa shape index (κ3) is 4.08. The second kappa shape index (κ2) is 8.77. The summed E-state index contributed by atoms with van der Waals surface area (Å²) in [6, 6.07) is 15.3. The van der Waals surface area contributed by atoms with Gasteiger partial charge in [-0.15, -0.1) is 0 Å². The molecule has 0 unspecified atom stereocenters. The van der Waals surface area contributed by atoms with Gasteiger partial charge >= 0.3 is 0 Å². The highest BCUT2D eigenvalue weighted by atomic mass is 28.1. The number of pyridine rings is 1. The van der Waals surface area contributed by atoms with E-state index in [0.29, 0.717) is 34.8 Å². The van der Waals surface area contributed by atoms with Gasteiger partial charge in [0, 0.05) is 46.2 Å². The van der Waals surface area contributed by atoms with E-state index < -0.39 is 5.04 Å². The molecule has 0 spiro atoms. The predicted molar refractivity (Wildman–Crippen MR) is 148 cm³/mol. The first-order valence-corrected chi connectivity index (χ1v) is 12.5. The van der Waals surface area contributed by atoms with Crippen molar-refractivity contribution in [3.05, 3.63) is 78.9 Å². The molecule has 5 aromatic rings. The van der Waals surface area contributed by atoms with Crippen molar-refractivity contribution in [2.24, 2.45) is 7.05 Å². The van der Waals surface area contributed by atoms with Gasteiger partial charge in [0.05, 0.1) is 22.9 Å². The predicted octanol–water partition coefficient (Wildman–Crippen LogP) is 5.01. The van der Waals surface area contributed by atoms with E-state index in [1.807, 2.05) is 67.9 Å². The van der Waals surface area contributed by atoms with E-state index in [-0.39, 0.29) is 5.91 Å². The number of imidazole rings is 1. The molecule has 1 amide bonds. The summed E-state index contributed by atoms with van der Waals surface area (Å²) < 4.78 is 8.12. The number of hydrogen-bond acceptors (Lipinski definition) is 7. The van der Waals surface area contributed by atoms with Crippen LogP contribution in [0.1, 0.15) is 12.5 Å². The van der Waals surface area contributed by atoms with Crippen LogP contribution in [0.25, 0.3) is 22.1 Å². The summed E-state index contributed by atoms with van der Waals surface area (Å²) in [6.45, 7) is 8.28. The minimum absolute atomic E-state index is 0.158. The summed E-state index contributed by atoms with van der Waals surface area (Å²) in [5.41, 5.74) is 5.41. The van der Waals surface area contributed by atoms with Crippen LogP contribution in [-0.2, 0) is 11.8 Å². The standard InChI is InChI=1S/C28H24N7O2Si/c1-16-11-18(5-9-23(16)37-19-6-8-22-21(12-19)31-15-34(22)4)32-26-25-20(29-14-30-26)7-10-24(33-25)35-13-28(3,38)17(2)27(35)36/h5-12,14-15H,2,13H2,1,3-4H3,(H,29,30,32)/t28-/m0/s1. The fraction of sp³-hybridized carbons (Fsp3) is 0.179. The zero-order valence-electron chi connectivity index (χ0n) is 21.2. The number of carbonyl (C=O) groups is 1. The number of aryl methyl sites for hydroxylation is 2. The Morgan fingerprint density at radius 1 is 1.08 bits per heavy atom. The molecule has 10 heteroatoms. The number of nitrogens with zero attached hydrogens (tertiary/aromatic N) is 6. The van der Waals surface area contributed by atoms with Gasteiger partial charge in [-0.05, 0) is 55.0 Å². The van der Waals surface area contributed by atoms with Gasteiger partial charge in [0.2, 0.25) is 0 Å². The highest BCUT2D eigenvalue weighted by molar-refractivity contribution is 6.27. The second-order valence-corrected chi connectivity index (χ2v) is 10.8. The topological polar surface area (TPSA) is 98.1 Å². The van der Waals surface area contributed by atoms with Crippen molar-refractivity contribution >= 4 is 55.5 Å². The minimum atomic E-state index is -0.507. The van der Waals surface area contributed by atoms with Crippen LogP contribution in [-0.4, -0.2) is 47.2 Å². The molecule has 0 saturated carbocycles. The SMILES string of the molecule is C=C1C(=O)N(c2ccc3ncnc(Nc4ccc(Oc5ccc6c(c5)ncn6C)c(C)c4)c3n2)C[C@]1(C)[Si]. The summed E-state index contributed by atoms with van der Waals surface area (Å²) >= 11 is 0. The lowest BCUT2D eigenvalue weighted by Gasteiger charge is -2.19. The van der Waals surface area contributed by atoms with Crippen molar-refractivity contribution < 1.29 is 9.53 Å². The molecule has 3 radical (unpaired) electrons. The van der Waals surface area contributed by atoms with Crippen LogP contribution < -0.4 is 15.0 Å². The molecule has 187 valence electrons. The van der Waals surface area contributed by atoms with Crippen molar-refractivity contribution in [1.29, 1.82) is 0 Å². The van der Waals surface area contributed by atoms with Crippen molar-refractivity contribution in [1.82, 2.24) is 24.5 Å². The van der Waals surface area contributed by atoms with E-state index in [9.17, 15) is 4.79 Å². The Labute approximate surface area is 222 Å². The second-order valence-electron chi connectivity index (χ2n) is 9.67. The number of anilines is 3. The van der Waals surface area contributed by atoms with Crippen LogP contribution in [0.2, 0.25) is 5.04 Å². The van der Waals surface area contributed by atoms with Gasteiger partial charge in [-0.1, -0.05) is 13.5 Å². The van der Waals surface area contributed by atoms with E-state index in [0.717, 1.165) is 33.8 Å². The molecule has 9 nitrogen and oxygen atoms in total. The van der Waals surface area contributed by atoms with Gasteiger partial charge in [0.15, 0.2) is 5.82 Å². The smallest absolute Gasteiger partial charge is 0.255 e. The number of ether oxygens (including phenoxy) is 1. The van der Waals surface area contributed by atoms with E-state index >= 15 is 0 Å². The third-order valence-corrected chi connectivity index (χ3v) is 7.21.